The summed E-state index contributed by atoms with van der Waals surface area (Å²) in [5.74, 6) is 0. The summed E-state index contributed by atoms with van der Waals surface area (Å²) in [6.45, 7) is 0. The number of rotatable bonds is 3. The maximum Gasteiger partial charge on any atom is 0.244 e. The molecule has 3 N–H and O–H groups in total. The van der Waals surface area contributed by atoms with E-state index in [-0.39, 0.29) is 21.6 Å². The SMILES string of the molecule is Nc1cccc(Cl)c1S(=O)(=O)NC1CCCc2sccc21. The average molecular weight is 343 g/mol. The molecule has 0 radical (unpaired) electrons. The second-order valence-electron chi connectivity index (χ2n) is 5.02. The Labute approximate surface area is 133 Å². The van der Waals surface area contributed by atoms with Gasteiger partial charge in [0.1, 0.15) is 4.90 Å². The normalized spacial score (nSPS) is 18.4. The highest BCUT2D eigenvalue weighted by Crippen LogP contribution is 2.35. The molecule has 0 amide bonds. The lowest BCUT2D eigenvalue weighted by molar-refractivity contribution is 0.511. The number of nitrogens with one attached hydrogen (secondary N) is 1. The summed E-state index contributed by atoms with van der Waals surface area (Å²) in [5.41, 5.74) is 7.02. The third-order valence-corrected chi connectivity index (χ3v) is 6.63. The molecule has 0 saturated heterocycles. The quantitative estimate of drug-likeness (QED) is 0.840. The molecule has 0 bridgehead atoms. The lowest BCUT2D eigenvalue weighted by Gasteiger charge is -2.24. The molecule has 112 valence electrons. The predicted octanol–water partition coefficient (Wildman–Crippen LogP) is 3.34. The lowest BCUT2D eigenvalue weighted by Crippen LogP contribution is -2.31. The molecule has 7 heteroatoms. The van der Waals surface area contributed by atoms with Crippen molar-refractivity contribution in [3.05, 3.63) is 45.1 Å². The number of nitrogen functional groups attached to an aromatic ring is 1. The van der Waals surface area contributed by atoms with Crippen molar-refractivity contribution < 1.29 is 8.42 Å². The summed E-state index contributed by atoms with van der Waals surface area (Å²) in [4.78, 5) is 1.22. The van der Waals surface area contributed by atoms with Crippen LogP contribution in [-0.2, 0) is 16.4 Å². The Hall–Kier alpha value is -1.08. The Morgan fingerprint density at radius 2 is 2.14 bits per heavy atom. The van der Waals surface area contributed by atoms with Crippen LogP contribution in [0.3, 0.4) is 0 Å². The van der Waals surface area contributed by atoms with Crippen molar-refractivity contribution >= 4 is 38.6 Å². The monoisotopic (exact) mass is 342 g/mol. The van der Waals surface area contributed by atoms with Gasteiger partial charge < -0.3 is 5.73 Å². The van der Waals surface area contributed by atoms with Crippen LogP contribution in [0.2, 0.25) is 5.02 Å². The maximum atomic E-state index is 12.6. The number of hydrogen-bond donors (Lipinski definition) is 2. The van der Waals surface area contributed by atoms with Crippen LogP contribution in [0, 0.1) is 0 Å². The molecular weight excluding hydrogens is 328 g/mol. The van der Waals surface area contributed by atoms with Crippen molar-refractivity contribution in [3.63, 3.8) is 0 Å². The summed E-state index contributed by atoms with van der Waals surface area (Å²) in [5, 5.41) is 2.14. The van der Waals surface area contributed by atoms with Gasteiger partial charge in [-0.1, -0.05) is 17.7 Å². The lowest BCUT2D eigenvalue weighted by atomic mass is 9.95. The van der Waals surface area contributed by atoms with E-state index >= 15 is 0 Å². The van der Waals surface area contributed by atoms with E-state index in [1.165, 1.54) is 17.0 Å². The van der Waals surface area contributed by atoms with E-state index in [1.54, 1.807) is 17.4 Å². The highest BCUT2D eigenvalue weighted by molar-refractivity contribution is 7.89. The van der Waals surface area contributed by atoms with E-state index in [9.17, 15) is 8.42 Å². The van der Waals surface area contributed by atoms with E-state index in [2.05, 4.69) is 4.72 Å². The molecule has 0 saturated carbocycles. The number of benzene rings is 1. The van der Waals surface area contributed by atoms with Crippen molar-refractivity contribution in [2.24, 2.45) is 0 Å². The fraction of sp³-hybridized carbons (Fsp3) is 0.286. The fourth-order valence-corrected chi connectivity index (χ4v) is 5.58. The second kappa shape index (κ2) is 5.61. The zero-order chi connectivity index (χ0) is 15.0. The highest BCUT2D eigenvalue weighted by Gasteiger charge is 2.28. The number of aryl methyl sites for hydroxylation is 1. The van der Waals surface area contributed by atoms with Crippen LogP contribution in [0.4, 0.5) is 5.69 Å². The summed E-state index contributed by atoms with van der Waals surface area (Å²) in [7, 11) is -3.74. The van der Waals surface area contributed by atoms with Gasteiger partial charge in [0.25, 0.3) is 0 Å². The first kappa shape index (κ1) is 14.8. The molecule has 0 aliphatic heterocycles. The van der Waals surface area contributed by atoms with E-state index in [4.69, 9.17) is 17.3 Å². The molecule has 1 unspecified atom stereocenters. The minimum atomic E-state index is -3.74. The van der Waals surface area contributed by atoms with Gasteiger partial charge in [-0.2, -0.15) is 0 Å². The molecule has 4 nitrogen and oxygen atoms in total. The van der Waals surface area contributed by atoms with Crippen LogP contribution >= 0.6 is 22.9 Å². The molecule has 0 fully saturated rings. The standard InChI is InChI=1S/C14H15ClN2O2S2/c15-10-3-1-4-11(16)14(10)21(18,19)17-12-5-2-6-13-9(12)7-8-20-13/h1,3-4,7-8,12,17H,2,5-6,16H2. The minimum absolute atomic E-state index is 0.0333. The molecule has 0 spiro atoms. The molecule has 1 aliphatic carbocycles. The number of nitrogens with two attached hydrogens (primary N) is 1. The number of sulfonamides is 1. The predicted molar refractivity (Wildman–Crippen MR) is 86.2 cm³/mol. The largest absolute Gasteiger partial charge is 0.398 e. The number of halogens is 1. The van der Waals surface area contributed by atoms with Crippen LogP contribution < -0.4 is 10.5 Å². The Balaban J connectivity index is 1.95. The summed E-state index contributed by atoms with van der Waals surface area (Å²) in [6, 6.07) is 6.48. The molecule has 1 aliphatic rings. The van der Waals surface area contributed by atoms with Crippen molar-refractivity contribution in [2.75, 3.05) is 5.73 Å². The van der Waals surface area contributed by atoms with Crippen LogP contribution in [0.5, 0.6) is 0 Å². The van der Waals surface area contributed by atoms with Gasteiger partial charge in [0, 0.05) is 10.9 Å². The molecule has 21 heavy (non-hydrogen) atoms. The van der Waals surface area contributed by atoms with E-state index in [0.29, 0.717) is 0 Å². The minimum Gasteiger partial charge on any atom is -0.398 e. The Morgan fingerprint density at radius 3 is 2.90 bits per heavy atom. The van der Waals surface area contributed by atoms with Crippen LogP contribution in [0.1, 0.15) is 29.3 Å². The van der Waals surface area contributed by atoms with Gasteiger partial charge in [0.05, 0.1) is 10.7 Å². The first-order valence-corrected chi connectivity index (χ1v) is 9.36. The summed E-state index contributed by atoms with van der Waals surface area (Å²) >= 11 is 7.69. The van der Waals surface area contributed by atoms with Gasteiger partial charge in [-0.3, -0.25) is 0 Å². The van der Waals surface area contributed by atoms with E-state index in [0.717, 1.165) is 24.8 Å². The van der Waals surface area contributed by atoms with Crippen LogP contribution in [0.25, 0.3) is 0 Å². The third kappa shape index (κ3) is 2.81. The van der Waals surface area contributed by atoms with Crippen LogP contribution in [-0.4, -0.2) is 8.42 Å². The van der Waals surface area contributed by atoms with Gasteiger partial charge in [0.2, 0.25) is 10.0 Å². The van der Waals surface area contributed by atoms with E-state index < -0.39 is 10.0 Å². The molecule has 1 heterocycles. The smallest absolute Gasteiger partial charge is 0.244 e. The Kier molecular flexibility index (Phi) is 3.96. The number of fused-ring (bicyclic) bond motifs is 1. The van der Waals surface area contributed by atoms with E-state index in [1.807, 2.05) is 11.4 Å². The average Bonchev–Trinajstić information content (AvgIpc) is 2.87. The van der Waals surface area contributed by atoms with Gasteiger partial charge >= 0.3 is 0 Å². The van der Waals surface area contributed by atoms with Crippen molar-refractivity contribution in [1.29, 1.82) is 0 Å². The molecular formula is C14H15ClN2O2S2. The third-order valence-electron chi connectivity index (χ3n) is 3.62. The second-order valence-corrected chi connectivity index (χ2v) is 8.08. The van der Waals surface area contributed by atoms with Crippen molar-refractivity contribution in [3.8, 4) is 0 Å². The Morgan fingerprint density at radius 1 is 1.33 bits per heavy atom. The van der Waals surface area contributed by atoms with Gasteiger partial charge in [-0.05, 0) is 48.4 Å². The van der Waals surface area contributed by atoms with Crippen molar-refractivity contribution in [1.82, 2.24) is 4.72 Å². The van der Waals surface area contributed by atoms with Crippen molar-refractivity contribution in [2.45, 2.75) is 30.2 Å². The molecule has 2 aromatic rings. The molecule has 1 atom stereocenters. The van der Waals surface area contributed by atoms with Gasteiger partial charge in [-0.25, -0.2) is 13.1 Å². The maximum absolute atomic E-state index is 12.6. The number of anilines is 1. The number of hydrogen-bond acceptors (Lipinski definition) is 4. The zero-order valence-corrected chi connectivity index (χ0v) is 13.6. The van der Waals surface area contributed by atoms with Gasteiger partial charge in [0.15, 0.2) is 0 Å². The topological polar surface area (TPSA) is 72.2 Å². The summed E-state index contributed by atoms with van der Waals surface area (Å²) in [6.07, 6.45) is 2.77. The fourth-order valence-electron chi connectivity index (χ4n) is 2.66. The molecule has 1 aromatic carbocycles. The molecule has 1 aromatic heterocycles. The van der Waals surface area contributed by atoms with Crippen LogP contribution in [0.15, 0.2) is 34.5 Å². The zero-order valence-electron chi connectivity index (χ0n) is 11.2. The first-order chi connectivity index (χ1) is 9.99. The molecule has 3 rings (SSSR count). The highest BCUT2D eigenvalue weighted by atomic mass is 35.5. The van der Waals surface area contributed by atoms with Gasteiger partial charge in [-0.15, -0.1) is 11.3 Å². The first-order valence-electron chi connectivity index (χ1n) is 6.61. The summed E-state index contributed by atoms with van der Waals surface area (Å²) < 4.78 is 28.0. The number of thiophene rings is 1. The Bertz CT molecular complexity index is 751.